The average molecular weight is 672 g/mol. The zero-order valence-corrected chi connectivity index (χ0v) is 28.4. The molecule has 3 aromatic rings. The summed E-state index contributed by atoms with van der Waals surface area (Å²) in [6.45, 7) is 7.73. The topological polar surface area (TPSA) is 155 Å². The van der Waals surface area contributed by atoms with Crippen LogP contribution >= 0.6 is 0 Å². The van der Waals surface area contributed by atoms with Crippen LogP contribution < -0.4 is 20.2 Å². The van der Waals surface area contributed by atoms with Gasteiger partial charge in [-0.15, -0.1) is 0 Å². The molecule has 0 spiro atoms. The van der Waals surface area contributed by atoms with Gasteiger partial charge in [-0.3, -0.25) is 9.59 Å². The van der Waals surface area contributed by atoms with Crippen LogP contribution in [0.2, 0.25) is 0 Å². The molecule has 0 fully saturated rings. The second kappa shape index (κ2) is 15.5. The number of hydrogen-bond donors (Lipinski definition) is 1. The monoisotopic (exact) mass is 671 g/mol. The Hall–Kier alpha value is -4.04. The number of nitrogens with two attached hydrogens (primary N) is 1. The standard InChI is InChI=1S/C24H28N2O5S.C9H13NO3S/c1-18(2)26-17-23(13-14-24(26)27)32(28,29)25(15-19-5-9-21(30-3)10-6-19)16-20-7-11-22(31-4)12-8-20;1-6(2)8-5-7(14(10,12)13)3-4-9(8)11/h5-14,17-18H,15-16H2,1-4H3;3-6,8H,1-2H3,(H2,10,12,13). The summed E-state index contributed by atoms with van der Waals surface area (Å²) in [5.41, 5.74) is 1.40. The highest BCUT2D eigenvalue weighted by Crippen LogP contribution is 2.24. The predicted octanol–water partition coefficient (Wildman–Crippen LogP) is 4.41. The molecule has 1 aliphatic rings. The normalized spacial score (nSPS) is 15.0. The number of carbonyl (C=O) groups excluding carboxylic acids is 1. The molecular weight excluding hydrogens is 631 g/mol. The lowest BCUT2D eigenvalue weighted by Gasteiger charge is -2.23. The van der Waals surface area contributed by atoms with Crippen molar-refractivity contribution in [1.29, 1.82) is 0 Å². The number of nitrogens with zero attached hydrogens (tertiary/aromatic N) is 2. The van der Waals surface area contributed by atoms with Gasteiger partial charge in [-0.2, -0.15) is 4.31 Å². The van der Waals surface area contributed by atoms with Gasteiger partial charge in [-0.05, 0) is 73.4 Å². The van der Waals surface area contributed by atoms with Crippen LogP contribution in [0.5, 0.6) is 11.5 Å². The molecule has 13 heteroatoms. The van der Waals surface area contributed by atoms with Crippen LogP contribution in [0.15, 0.2) is 99.7 Å². The second-order valence-electron chi connectivity index (χ2n) is 11.3. The Balaban J connectivity index is 0.000000344. The summed E-state index contributed by atoms with van der Waals surface area (Å²) in [4.78, 5) is 23.6. The van der Waals surface area contributed by atoms with Crippen molar-refractivity contribution >= 4 is 25.8 Å². The Kier molecular flexibility index (Phi) is 12.3. The fourth-order valence-electron chi connectivity index (χ4n) is 4.58. The van der Waals surface area contributed by atoms with E-state index in [0.717, 1.165) is 11.1 Å². The first kappa shape index (κ1) is 36.4. The lowest BCUT2D eigenvalue weighted by molar-refractivity contribution is -0.118. The molecule has 1 atom stereocenters. The van der Waals surface area contributed by atoms with Gasteiger partial charge in [0, 0.05) is 37.3 Å². The molecule has 0 aliphatic heterocycles. The van der Waals surface area contributed by atoms with Crippen LogP contribution in [0, 0.1) is 11.8 Å². The maximum Gasteiger partial charge on any atom is 0.250 e. The number of hydrogen-bond acceptors (Lipinski definition) is 8. The van der Waals surface area contributed by atoms with E-state index in [1.54, 1.807) is 38.5 Å². The largest absolute Gasteiger partial charge is 0.497 e. The van der Waals surface area contributed by atoms with Crippen molar-refractivity contribution in [2.45, 2.75) is 51.7 Å². The summed E-state index contributed by atoms with van der Waals surface area (Å²) in [5, 5.41) is 4.96. The highest BCUT2D eigenvalue weighted by atomic mass is 32.2. The first-order chi connectivity index (χ1) is 21.6. The molecule has 1 aromatic heterocycles. The summed E-state index contributed by atoms with van der Waals surface area (Å²) < 4.78 is 62.5. The van der Waals surface area contributed by atoms with Gasteiger partial charge in [0.25, 0.3) is 5.56 Å². The number of ether oxygens (including phenoxy) is 2. The quantitative estimate of drug-likeness (QED) is 0.315. The number of primary sulfonamides is 1. The molecule has 248 valence electrons. The number of benzene rings is 2. The molecule has 0 amide bonds. The van der Waals surface area contributed by atoms with Gasteiger partial charge in [0.2, 0.25) is 20.0 Å². The van der Waals surface area contributed by atoms with E-state index < -0.39 is 20.0 Å². The molecule has 46 heavy (non-hydrogen) atoms. The van der Waals surface area contributed by atoms with E-state index in [1.807, 2.05) is 52.0 Å². The summed E-state index contributed by atoms with van der Waals surface area (Å²) in [6.07, 6.45) is 5.35. The van der Waals surface area contributed by atoms with Crippen molar-refractivity contribution in [3.63, 3.8) is 0 Å². The van der Waals surface area contributed by atoms with E-state index >= 15 is 0 Å². The Morgan fingerprint density at radius 3 is 1.70 bits per heavy atom. The molecule has 1 unspecified atom stereocenters. The smallest absolute Gasteiger partial charge is 0.250 e. The Labute approximate surface area is 271 Å². The number of rotatable bonds is 11. The number of aromatic nitrogens is 1. The second-order valence-corrected chi connectivity index (χ2v) is 14.8. The predicted molar refractivity (Wildman–Crippen MR) is 177 cm³/mol. The molecule has 1 heterocycles. The minimum atomic E-state index is -3.89. The summed E-state index contributed by atoms with van der Waals surface area (Å²) in [7, 11) is -4.42. The molecule has 0 saturated carbocycles. The van der Waals surface area contributed by atoms with Crippen molar-refractivity contribution in [2.75, 3.05) is 14.2 Å². The maximum atomic E-state index is 13.6. The van der Waals surface area contributed by atoms with Crippen molar-refractivity contribution in [1.82, 2.24) is 8.87 Å². The first-order valence-electron chi connectivity index (χ1n) is 14.5. The Bertz CT molecular complexity index is 1790. The van der Waals surface area contributed by atoms with E-state index in [9.17, 15) is 26.4 Å². The van der Waals surface area contributed by atoms with Gasteiger partial charge in [0.05, 0.1) is 24.0 Å². The summed E-state index contributed by atoms with van der Waals surface area (Å²) in [5.74, 6) is 1.01. The molecule has 11 nitrogen and oxygen atoms in total. The maximum absolute atomic E-state index is 13.6. The lowest BCUT2D eigenvalue weighted by Crippen LogP contribution is -2.32. The van der Waals surface area contributed by atoms with E-state index in [-0.39, 0.29) is 52.1 Å². The van der Waals surface area contributed by atoms with E-state index in [2.05, 4.69) is 0 Å². The summed E-state index contributed by atoms with van der Waals surface area (Å²) in [6, 6.07) is 17.0. The van der Waals surface area contributed by atoms with Crippen LogP contribution in [0.25, 0.3) is 0 Å². The Morgan fingerprint density at radius 1 is 0.783 bits per heavy atom. The van der Waals surface area contributed by atoms with Crippen LogP contribution in [0.3, 0.4) is 0 Å². The lowest BCUT2D eigenvalue weighted by atomic mass is 9.89. The SMILES string of the molecule is CC(C)C1C=C(S(N)(=O)=O)C=CC1=O.COc1ccc(CN(Cc2ccc(OC)cc2)S(=O)(=O)c2ccc(=O)n(C(C)C)c2)cc1. The van der Waals surface area contributed by atoms with Gasteiger partial charge < -0.3 is 14.0 Å². The van der Waals surface area contributed by atoms with Crippen molar-refractivity contribution < 1.29 is 31.1 Å². The molecule has 0 saturated heterocycles. The van der Waals surface area contributed by atoms with Crippen molar-refractivity contribution in [3.05, 3.63) is 111 Å². The van der Waals surface area contributed by atoms with Gasteiger partial charge in [-0.25, -0.2) is 22.0 Å². The fourth-order valence-corrected chi connectivity index (χ4v) is 6.60. The molecule has 4 rings (SSSR count). The zero-order valence-electron chi connectivity index (χ0n) is 26.8. The summed E-state index contributed by atoms with van der Waals surface area (Å²) >= 11 is 0. The number of methoxy groups -OCH3 is 2. The van der Waals surface area contributed by atoms with Crippen LogP contribution in [0.4, 0.5) is 0 Å². The zero-order chi connectivity index (χ0) is 34.2. The third kappa shape index (κ3) is 9.49. The minimum absolute atomic E-state index is 0.0239. The molecular formula is C33H41N3O8S2. The van der Waals surface area contributed by atoms with Crippen molar-refractivity contribution in [3.8, 4) is 11.5 Å². The van der Waals surface area contributed by atoms with Gasteiger partial charge in [0.15, 0.2) is 5.78 Å². The van der Waals surface area contributed by atoms with E-state index in [0.29, 0.717) is 11.5 Å². The molecule has 1 aliphatic carbocycles. The molecule has 0 radical (unpaired) electrons. The number of pyridine rings is 1. The van der Waals surface area contributed by atoms with Gasteiger partial charge in [0.1, 0.15) is 11.5 Å². The molecule has 2 aromatic carbocycles. The highest BCUT2D eigenvalue weighted by Gasteiger charge is 2.27. The highest BCUT2D eigenvalue weighted by molar-refractivity contribution is 7.93. The van der Waals surface area contributed by atoms with Crippen LogP contribution in [0.1, 0.15) is 44.9 Å². The minimum Gasteiger partial charge on any atom is -0.497 e. The molecule has 0 bridgehead atoms. The third-order valence-electron chi connectivity index (χ3n) is 7.27. The van der Waals surface area contributed by atoms with Gasteiger partial charge >= 0.3 is 0 Å². The number of sulfonamides is 2. The average Bonchev–Trinajstić information content (AvgIpc) is 3.01. The number of ketones is 1. The number of carbonyl (C=O) groups is 1. The van der Waals surface area contributed by atoms with Crippen LogP contribution in [-0.2, 0) is 37.9 Å². The number of allylic oxidation sites excluding steroid dienone is 3. The first-order valence-corrected chi connectivity index (χ1v) is 17.5. The van der Waals surface area contributed by atoms with E-state index in [4.69, 9.17) is 14.6 Å². The fraction of sp³-hybridized carbons (Fsp3) is 0.333. The van der Waals surface area contributed by atoms with E-state index in [1.165, 1.54) is 45.4 Å². The van der Waals surface area contributed by atoms with Crippen LogP contribution in [-0.4, -0.2) is 45.7 Å². The Morgan fingerprint density at radius 2 is 1.28 bits per heavy atom. The van der Waals surface area contributed by atoms with Gasteiger partial charge in [-0.1, -0.05) is 44.2 Å². The third-order valence-corrected chi connectivity index (χ3v) is 9.98. The molecule has 2 N–H and O–H groups in total. The van der Waals surface area contributed by atoms with Crippen molar-refractivity contribution in [2.24, 2.45) is 17.0 Å².